The van der Waals surface area contributed by atoms with E-state index in [4.69, 9.17) is 9.47 Å². The lowest BCUT2D eigenvalue weighted by atomic mass is 9.80. The van der Waals surface area contributed by atoms with Crippen LogP contribution in [0, 0.1) is 0 Å². The first kappa shape index (κ1) is 9.00. The molecule has 2 atom stereocenters. The van der Waals surface area contributed by atoms with Gasteiger partial charge in [-0.3, -0.25) is 4.79 Å². The standard InChI is InChI=1S/C10H16O3/c1-12-8-4-2-3-6-10(8)7-5-9(11)13-10/h8H,2-7H2,1H3/t8-,10-/m0/s1. The van der Waals surface area contributed by atoms with Crippen LogP contribution in [0.15, 0.2) is 0 Å². The van der Waals surface area contributed by atoms with E-state index >= 15 is 0 Å². The minimum Gasteiger partial charge on any atom is -0.456 e. The molecule has 0 aromatic rings. The molecular weight excluding hydrogens is 168 g/mol. The van der Waals surface area contributed by atoms with Gasteiger partial charge in [-0.1, -0.05) is 6.42 Å². The molecule has 13 heavy (non-hydrogen) atoms. The quantitative estimate of drug-likeness (QED) is 0.581. The zero-order valence-corrected chi connectivity index (χ0v) is 8.04. The van der Waals surface area contributed by atoms with E-state index in [0.29, 0.717) is 6.42 Å². The average Bonchev–Trinajstić information content (AvgIpc) is 2.49. The van der Waals surface area contributed by atoms with Gasteiger partial charge in [-0.05, 0) is 19.3 Å². The topological polar surface area (TPSA) is 35.5 Å². The molecule has 1 aliphatic heterocycles. The minimum atomic E-state index is -0.260. The van der Waals surface area contributed by atoms with Gasteiger partial charge in [0.1, 0.15) is 5.60 Å². The number of hydrogen-bond acceptors (Lipinski definition) is 3. The number of rotatable bonds is 1. The number of ether oxygens (including phenoxy) is 2. The Morgan fingerprint density at radius 1 is 1.46 bits per heavy atom. The second kappa shape index (κ2) is 3.29. The van der Waals surface area contributed by atoms with Crippen molar-refractivity contribution in [3.8, 4) is 0 Å². The van der Waals surface area contributed by atoms with E-state index in [1.165, 1.54) is 6.42 Å². The maximum absolute atomic E-state index is 11.1. The van der Waals surface area contributed by atoms with Crippen LogP contribution in [0.25, 0.3) is 0 Å². The van der Waals surface area contributed by atoms with E-state index < -0.39 is 0 Å². The monoisotopic (exact) mass is 184 g/mol. The zero-order chi connectivity index (χ0) is 9.31. The van der Waals surface area contributed by atoms with Crippen LogP contribution in [0.4, 0.5) is 0 Å². The summed E-state index contributed by atoms with van der Waals surface area (Å²) in [6.45, 7) is 0. The van der Waals surface area contributed by atoms with Gasteiger partial charge in [0.2, 0.25) is 0 Å². The van der Waals surface area contributed by atoms with E-state index in [1.807, 2.05) is 0 Å². The maximum atomic E-state index is 11.1. The molecule has 3 heteroatoms. The molecule has 0 unspecified atom stereocenters. The first-order valence-electron chi connectivity index (χ1n) is 5.01. The van der Waals surface area contributed by atoms with Gasteiger partial charge in [0, 0.05) is 20.0 Å². The number of methoxy groups -OCH3 is 1. The Morgan fingerprint density at radius 2 is 2.31 bits per heavy atom. The Bertz CT molecular complexity index is 214. The van der Waals surface area contributed by atoms with E-state index in [9.17, 15) is 4.79 Å². The third-order valence-corrected chi connectivity index (χ3v) is 3.26. The number of carbonyl (C=O) groups is 1. The summed E-state index contributed by atoms with van der Waals surface area (Å²) in [5, 5.41) is 0. The van der Waals surface area contributed by atoms with Crippen LogP contribution in [0.2, 0.25) is 0 Å². The lowest BCUT2D eigenvalue weighted by Crippen LogP contribution is -2.45. The van der Waals surface area contributed by atoms with Crippen LogP contribution in [0.1, 0.15) is 38.5 Å². The van der Waals surface area contributed by atoms with E-state index in [-0.39, 0.29) is 17.7 Å². The average molecular weight is 184 g/mol. The van der Waals surface area contributed by atoms with Crippen molar-refractivity contribution in [1.82, 2.24) is 0 Å². The lowest BCUT2D eigenvalue weighted by molar-refractivity contribution is -0.166. The van der Waals surface area contributed by atoms with Gasteiger partial charge in [0.05, 0.1) is 6.10 Å². The van der Waals surface area contributed by atoms with Crippen molar-refractivity contribution in [3.63, 3.8) is 0 Å². The molecule has 74 valence electrons. The zero-order valence-electron chi connectivity index (χ0n) is 8.04. The van der Waals surface area contributed by atoms with E-state index in [1.54, 1.807) is 7.11 Å². The number of hydrogen-bond donors (Lipinski definition) is 0. The highest BCUT2D eigenvalue weighted by Crippen LogP contribution is 2.41. The predicted molar refractivity (Wildman–Crippen MR) is 47.3 cm³/mol. The van der Waals surface area contributed by atoms with Crippen LogP contribution in [0.5, 0.6) is 0 Å². The molecule has 0 aromatic heterocycles. The van der Waals surface area contributed by atoms with Crippen LogP contribution in [-0.4, -0.2) is 24.8 Å². The van der Waals surface area contributed by atoms with Crippen molar-refractivity contribution in [2.45, 2.75) is 50.2 Å². The van der Waals surface area contributed by atoms with Crippen LogP contribution >= 0.6 is 0 Å². The Balaban J connectivity index is 2.13. The minimum absolute atomic E-state index is 0.0519. The molecule has 0 N–H and O–H groups in total. The summed E-state index contributed by atoms with van der Waals surface area (Å²) in [5.74, 6) is -0.0519. The van der Waals surface area contributed by atoms with Gasteiger partial charge in [-0.15, -0.1) is 0 Å². The van der Waals surface area contributed by atoms with E-state index in [2.05, 4.69) is 0 Å². The van der Waals surface area contributed by atoms with Crippen LogP contribution in [0.3, 0.4) is 0 Å². The summed E-state index contributed by atoms with van der Waals surface area (Å²) in [6, 6.07) is 0. The molecule has 0 aromatic carbocycles. The highest BCUT2D eigenvalue weighted by Gasteiger charge is 2.48. The summed E-state index contributed by atoms with van der Waals surface area (Å²) in [6.07, 6.45) is 5.92. The molecule has 3 nitrogen and oxygen atoms in total. The van der Waals surface area contributed by atoms with Crippen molar-refractivity contribution >= 4 is 5.97 Å². The second-order valence-corrected chi connectivity index (χ2v) is 4.01. The molecule has 1 heterocycles. The fourth-order valence-electron chi connectivity index (χ4n) is 2.56. The third-order valence-electron chi connectivity index (χ3n) is 3.26. The smallest absolute Gasteiger partial charge is 0.306 e. The van der Waals surface area contributed by atoms with Crippen LogP contribution < -0.4 is 0 Å². The van der Waals surface area contributed by atoms with Crippen molar-refractivity contribution in [2.24, 2.45) is 0 Å². The highest BCUT2D eigenvalue weighted by molar-refractivity contribution is 5.72. The molecule has 0 bridgehead atoms. The summed E-state index contributed by atoms with van der Waals surface area (Å²) in [5.41, 5.74) is -0.260. The van der Waals surface area contributed by atoms with Gasteiger partial charge in [0.15, 0.2) is 0 Å². The molecule has 1 spiro atoms. The molecule has 1 saturated carbocycles. The van der Waals surface area contributed by atoms with Crippen molar-refractivity contribution < 1.29 is 14.3 Å². The van der Waals surface area contributed by atoms with Gasteiger partial charge in [-0.2, -0.15) is 0 Å². The Morgan fingerprint density at radius 3 is 2.92 bits per heavy atom. The number of carbonyl (C=O) groups excluding carboxylic acids is 1. The SMILES string of the molecule is CO[C@H]1CCCC[C@]12CCC(=O)O2. The van der Waals surface area contributed by atoms with Gasteiger partial charge >= 0.3 is 5.97 Å². The highest BCUT2D eigenvalue weighted by atomic mass is 16.6. The van der Waals surface area contributed by atoms with Gasteiger partial charge in [0.25, 0.3) is 0 Å². The summed E-state index contributed by atoms with van der Waals surface area (Å²) < 4.78 is 10.8. The molecule has 2 aliphatic rings. The van der Waals surface area contributed by atoms with E-state index in [0.717, 1.165) is 25.7 Å². The molecule has 0 amide bonds. The molecule has 2 fully saturated rings. The number of esters is 1. The predicted octanol–water partition coefficient (Wildman–Crippen LogP) is 1.65. The molecular formula is C10H16O3. The lowest BCUT2D eigenvalue weighted by Gasteiger charge is -2.38. The molecule has 2 rings (SSSR count). The summed E-state index contributed by atoms with van der Waals surface area (Å²) in [7, 11) is 1.71. The largest absolute Gasteiger partial charge is 0.456 e. The molecule has 1 saturated heterocycles. The second-order valence-electron chi connectivity index (χ2n) is 4.01. The Hall–Kier alpha value is -0.570. The normalized spacial score (nSPS) is 39.5. The first-order chi connectivity index (χ1) is 6.27. The summed E-state index contributed by atoms with van der Waals surface area (Å²) in [4.78, 5) is 11.1. The van der Waals surface area contributed by atoms with Crippen molar-refractivity contribution in [2.75, 3.05) is 7.11 Å². The van der Waals surface area contributed by atoms with Crippen LogP contribution in [-0.2, 0) is 14.3 Å². The van der Waals surface area contributed by atoms with Crippen molar-refractivity contribution in [1.29, 1.82) is 0 Å². The van der Waals surface area contributed by atoms with Crippen molar-refractivity contribution in [3.05, 3.63) is 0 Å². The third kappa shape index (κ3) is 1.46. The molecule has 1 aliphatic carbocycles. The summed E-state index contributed by atoms with van der Waals surface area (Å²) >= 11 is 0. The maximum Gasteiger partial charge on any atom is 0.306 e. The Kier molecular flexibility index (Phi) is 2.28. The fraction of sp³-hybridized carbons (Fsp3) is 0.900. The van der Waals surface area contributed by atoms with Gasteiger partial charge < -0.3 is 9.47 Å². The Labute approximate surface area is 78.4 Å². The fourth-order valence-corrected chi connectivity index (χ4v) is 2.56. The molecule has 0 radical (unpaired) electrons. The first-order valence-corrected chi connectivity index (χ1v) is 5.01. The van der Waals surface area contributed by atoms with Gasteiger partial charge in [-0.25, -0.2) is 0 Å².